The van der Waals surface area contributed by atoms with Crippen molar-refractivity contribution in [2.24, 2.45) is 0 Å². The van der Waals surface area contributed by atoms with Crippen molar-refractivity contribution in [3.05, 3.63) is 72.7 Å². The highest BCUT2D eigenvalue weighted by molar-refractivity contribution is 5.78. The number of aromatic nitrogens is 3. The lowest BCUT2D eigenvalue weighted by Gasteiger charge is -2.32. The number of carbonyl (C=O) groups is 1. The fourth-order valence-corrected chi connectivity index (χ4v) is 3.42. The number of piperidine rings is 1. The lowest BCUT2D eigenvalue weighted by Crippen LogP contribution is -2.41. The van der Waals surface area contributed by atoms with Gasteiger partial charge in [0.05, 0.1) is 0 Å². The van der Waals surface area contributed by atoms with Crippen LogP contribution in [-0.4, -0.2) is 45.0 Å². The molecule has 0 bridgehead atoms. The summed E-state index contributed by atoms with van der Waals surface area (Å²) in [7, 11) is 0. The Kier molecular flexibility index (Phi) is 5.32. The number of benzene rings is 1. The summed E-state index contributed by atoms with van der Waals surface area (Å²) in [6.45, 7) is 1.27. The van der Waals surface area contributed by atoms with Crippen LogP contribution in [0.4, 0.5) is 4.39 Å². The van der Waals surface area contributed by atoms with E-state index in [0.29, 0.717) is 18.8 Å². The summed E-state index contributed by atoms with van der Waals surface area (Å²) in [5.41, 5.74) is 0.975. The third-order valence-corrected chi connectivity index (χ3v) is 4.89. The topological polar surface area (TPSA) is 60.2 Å². The van der Waals surface area contributed by atoms with Crippen LogP contribution in [0.1, 0.15) is 24.5 Å². The van der Waals surface area contributed by atoms with Gasteiger partial charge in [-0.25, -0.2) is 14.4 Å². The molecule has 3 aromatic rings. The van der Waals surface area contributed by atoms with Gasteiger partial charge in [0.25, 0.3) is 5.91 Å². The minimum absolute atomic E-state index is 0.0547. The monoisotopic (exact) mass is 380 g/mol. The number of likely N-dealkylation sites (tertiary alicyclic amines) is 1. The molecule has 3 heterocycles. The summed E-state index contributed by atoms with van der Waals surface area (Å²) < 4.78 is 20.3. The molecular formula is C21H21FN4O2. The van der Waals surface area contributed by atoms with Gasteiger partial charge in [-0.05, 0) is 49.2 Å². The van der Waals surface area contributed by atoms with Gasteiger partial charge in [0.2, 0.25) is 0 Å². The van der Waals surface area contributed by atoms with Gasteiger partial charge in [-0.3, -0.25) is 9.36 Å². The van der Waals surface area contributed by atoms with Crippen molar-refractivity contribution in [2.45, 2.75) is 18.8 Å². The van der Waals surface area contributed by atoms with Gasteiger partial charge < -0.3 is 9.64 Å². The molecule has 2 aromatic heterocycles. The molecule has 1 aliphatic heterocycles. The van der Waals surface area contributed by atoms with Gasteiger partial charge >= 0.3 is 0 Å². The number of hydrogen-bond acceptors (Lipinski definition) is 4. The summed E-state index contributed by atoms with van der Waals surface area (Å²) in [5.74, 6) is 1.09. The molecule has 1 amide bonds. The van der Waals surface area contributed by atoms with Crippen LogP contribution in [0.25, 0.3) is 5.82 Å². The summed E-state index contributed by atoms with van der Waals surface area (Å²) in [6, 6.07) is 11.6. The molecule has 144 valence electrons. The zero-order chi connectivity index (χ0) is 19.3. The third-order valence-electron chi connectivity index (χ3n) is 4.89. The van der Waals surface area contributed by atoms with E-state index in [2.05, 4.69) is 4.98 Å². The van der Waals surface area contributed by atoms with E-state index in [1.807, 2.05) is 33.9 Å². The quantitative estimate of drug-likeness (QED) is 0.682. The van der Waals surface area contributed by atoms with Crippen molar-refractivity contribution in [2.75, 3.05) is 19.7 Å². The second kappa shape index (κ2) is 8.21. The first-order chi connectivity index (χ1) is 13.7. The van der Waals surface area contributed by atoms with Gasteiger partial charge in [-0.15, -0.1) is 0 Å². The van der Waals surface area contributed by atoms with Crippen LogP contribution in [0.5, 0.6) is 5.75 Å². The molecule has 1 saturated heterocycles. The van der Waals surface area contributed by atoms with E-state index in [1.165, 1.54) is 24.3 Å². The molecule has 0 spiro atoms. The zero-order valence-electron chi connectivity index (χ0n) is 15.4. The second-order valence-electron chi connectivity index (χ2n) is 6.81. The number of hydrogen-bond donors (Lipinski definition) is 0. The SMILES string of the molecule is O=C(COc1ccc(F)cc1)N1CCCC(c2cccc(-n3ccnc3)n2)C1. The molecule has 1 atom stereocenters. The van der Waals surface area contributed by atoms with E-state index >= 15 is 0 Å². The largest absolute Gasteiger partial charge is 0.484 e. The van der Waals surface area contributed by atoms with Crippen molar-refractivity contribution < 1.29 is 13.9 Å². The Morgan fingerprint density at radius 3 is 2.86 bits per heavy atom. The highest BCUT2D eigenvalue weighted by Gasteiger charge is 2.26. The van der Waals surface area contributed by atoms with Crippen molar-refractivity contribution >= 4 is 5.91 Å². The molecule has 1 aliphatic rings. The maximum absolute atomic E-state index is 13.0. The fourth-order valence-electron chi connectivity index (χ4n) is 3.42. The molecule has 28 heavy (non-hydrogen) atoms. The Morgan fingerprint density at radius 2 is 2.07 bits per heavy atom. The highest BCUT2D eigenvalue weighted by atomic mass is 19.1. The molecule has 1 fully saturated rings. The molecule has 6 nitrogen and oxygen atoms in total. The Labute approximate surface area is 162 Å². The van der Waals surface area contributed by atoms with Gasteiger partial charge in [-0.2, -0.15) is 0 Å². The Bertz CT molecular complexity index is 928. The lowest BCUT2D eigenvalue weighted by atomic mass is 9.94. The predicted octanol–water partition coefficient (Wildman–Crippen LogP) is 3.19. The molecular weight excluding hydrogens is 359 g/mol. The number of pyridine rings is 1. The van der Waals surface area contributed by atoms with Crippen LogP contribution in [0.2, 0.25) is 0 Å². The minimum atomic E-state index is -0.331. The summed E-state index contributed by atoms with van der Waals surface area (Å²) >= 11 is 0. The first-order valence-corrected chi connectivity index (χ1v) is 9.30. The standard InChI is InChI=1S/C21H21FN4O2/c22-17-6-8-18(9-7-17)28-14-21(27)25-11-2-3-16(13-25)19-4-1-5-20(24-19)26-12-10-23-15-26/h1,4-10,12,15-16H,2-3,11,13-14H2. The second-order valence-corrected chi connectivity index (χ2v) is 6.81. The van der Waals surface area contributed by atoms with Crippen LogP contribution in [0.15, 0.2) is 61.2 Å². The highest BCUT2D eigenvalue weighted by Crippen LogP contribution is 2.26. The van der Waals surface area contributed by atoms with E-state index in [0.717, 1.165) is 24.4 Å². The molecule has 0 N–H and O–H groups in total. The lowest BCUT2D eigenvalue weighted by molar-refractivity contribution is -0.134. The number of rotatable bonds is 5. The minimum Gasteiger partial charge on any atom is -0.484 e. The molecule has 0 saturated carbocycles. The number of amides is 1. The summed E-state index contributed by atoms with van der Waals surface area (Å²) in [6.07, 6.45) is 7.20. The average molecular weight is 380 g/mol. The van der Waals surface area contributed by atoms with Gasteiger partial charge in [-0.1, -0.05) is 6.07 Å². The molecule has 4 rings (SSSR count). The van der Waals surface area contributed by atoms with Crippen LogP contribution >= 0.6 is 0 Å². The van der Waals surface area contributed by atoms with Crippen molar-refractivity contribution in [3.8, 4) is 11.6 Å². The van der Waals surface area contributed by atoms with E-state index in [-0.39, 0.29) is 24.2 Å². The van der Waals surface area contributed by atoms with Gasteiger partial charge in [0.1, 0.15) is 23.7 Å². The molecule has 1 unspecified atom stereocenters. The number of carbonyl (C=O) groups excluding carboxylic acids is 1. The number of nitrogens with zero attached hydrogens (tertiary/aromatic N) is 4. The molecule has 0 aliphatic carbocycles. The average Bonchev–Trinajstić information content (AvgIpc) is 3.28. The molecule has 1 aromatic carbocycles. The number of halogens is 1. The Hall–Kier alpha value is -3.22. The van der Waals surface area contributed by atoms with E-state index < -0.39 is 0 Å². The van der Waals surface area contributed by atoms with Crippen molar-refractivity contribution in [1.29, 1.82) is 0 Å². The predicted molar refractivity (Wildman–Crippen MR) is 102 cm³/mol. The summed E-state index contributed by atoms with van der Waals surface area (Å²) in [4.78, 5) is 23.2. The van der Waals surface area contributed by atoms with E-state index in [4.69, 9.17) is 9.72 Å². The maximum atomic E-state index is 13.0. The zero-order valence-corrected chi connectivity index (χ0v) is 15.4. The number of imidazole rings is 1. The van der Waals surface area contributed by atoms with Crippen LogP contribution in [0.3, 0.4) is 0 Å². The molecule has 0 radical (unpaired) electrons. The fraction of sp³-hybridized carbons (Fsp3) is 0.286. The van der Waals surface area contributed by atoms with Crippen molar-refractivity contribution in [3.63, 3.8) is 0 Å². The molecule has 7 heteroatoms. The van der Waals surface area contributed by atoms with Crippen LogP contribution in [0, 0.1) is 5.82 Å². The normalized spacial score (nSPS) is 16.8. The van der Waals surface area contributed by atoms with Crippen LogP contribution in [-0.2, 0) is 4.79 Å². The first-order valence-electron chi connectivity index (χ1n) is 9.30. The summed E-state index contributed by atoms with van der Waals surface area (Å²) in [5, 5.41) is 0. The Morgan fingerprint density at radius 1 is 1.21 bits per heavy atom. The maximum Gasteiger partial charge on any atom is 0.260 e. The van der Waals surface area contributed by atoms with Gasteiger partial charge in [0.15, 0.2) is 6.61 Å². The first kappa shape index (κ1) is 18.2. The van der Waals surface area contributed by atoms with Crippen LogP contribution < -0.4 is 4.74 Å². The smallest absolute Gasteiger partial charge is 0.260 e. The van der Waals surface area contributed by atoms with E-state index in [1.54, 1.807) is 12.5 Å². The Balaban J connectivity index is 1.39. The third kappa shape index (κ3) is 4.19. The number of ether oxygens (including phenoxy) is 1. The van der Waals surface area contributed by atoms with E-state index in [9.17, 15) is 9.18 Å². The van der Waals surface area contributed by atoms with Gasteiger partial charge in [0, 0.05) is 37.1 Å². The van der Waals surface area contributed by atoms with Crippen molar-refractivity contribution in [1.82, 2.24) is 19.4 Å².